The van der Waals surface area contributed by atoms with Gasteiger partial charge in [-0.05, 0) is 54.5 Å². The number of nitrogens with zero attached hydrogens (tertiary/aromatic N) is 2. The fraction of sp³-hybridized carbons (Fsp3) is 0.111. The number of nitrogens with one attached hydrogen (secondary N) is 2. The van der Waals surface area contributed by atoms with Gasteiger partial charge in [-0.15, -0.1) is 0 Å². The first-order valence-electron chi connectivity index (χ1n) is 11.5. The number of nitro benzene ring substituents is 1. The van der Waals surface area contributed by atoms with E-state index in [0.717, 1.165) is 11.6 Å². The number of methoxy groups -OCH3 is 1. The van der Waals surface area contributed by atoms with Gasteiger partial charge in [0.05, 0.1) is 17.7 Å². The van der Waals surface area contributed by atoms with Crippen LogP contribution in [0.1, 0.15) is 11.1 Å². The highest BCUT2D eigenvalue weighted by Crippen LogP contribution is 2.30. The number of hydrogen-bond donors (Lipinski definition) is 2. The SMILES string of the molecule is COc1cc(/C=C2/C(=O)NC(=O)N(c3cccc([N+](=O)[O-])c3)C2=O)ccc1OCC(=O)Nc1cccc(C)c1. The lowest BCUT2D eigenvalue weighted by atomic mass is 10.1. The highest BCUT2D eigenvalue weighted by atomic mass is 16.6. The number of nitro groups is 1. The lowest BCUT2D eigenvalue weighted by Crippen LogP contribution is -2.54. The minimum Gasteiger partial charge on any atom is -0.493 e. The fourth-order valence-electron chi connectivity index (χ4n) is 3.76. The number of anilines is 2. The van der Waals surface area contributed by atoms with Gasteiger partial charge in [0.25, 0.3) is 23.4 Å². The number of amides is 5. The van der Waals surface area contributed by atoms with Crippen LogP contribution in [-0.4, -0.2) is 42.4 Å². The minimum absolute atomic E-state index is 0.0737. The van der Waals surface area contributed by atoms with Gasteiger partial charge in [0.2, 0.25) is 0 Å². The molecule has 1 heterocycles. The Morgan fingerprint density at radius 3 is 2.54 bits per heavy atom. The van der Waals surface area contributed by atoms with Crippen molar-refractivity contribution in [2.75, 3.05) is 23.9 Å². The summed E-state index contributed by atoms with van der Waals surface area (Å²) in [6, 6.07) is 15.7. The van der Waals surface area contributed by atoms with Crippen LogP contribution in [0.15, 0.2) is 72.3 Å². The Bertz CT molecular complexity index is 1530. The maximum absolute atomic E-state index is 13.1. The van der Waals surface area contributed by atoms with Crippen molar-refractivity contribution in [2.24, 2.45) is 0 Å². The minimum atomic E-state index is -1.03. The van der Waals surface area contributed by atoms with E-state index in [1.807, 2.05) is 25.1 Å². The smallest absolute Gasteiger partial charge is 0.335 e. The predicted molar refractivity (Wildman–Crippen MR) is 140 cm³/mol. The third-order valence-electron chi connectivity index (χ3n) is 5.56. The second kappa shape index (κ2) is 11.3. The molecule has 0 aliphatic carbocycles. The molecule has 0 unspecified atom stereocenters. The Labute approximate surface area is 222 Å². The highest BCUT2D eigenvalue weighted by Gasteiger charge is 2.37. The van der Waals surface area contributed by atoms with Crippen molar-refractivity contribution in [3.63, 3.8) is 0 Å². The monoisotopic (exact) mass is 530 g/mol. The molecule has 39 heavy (non-hydrogen) atoms. The number of carbonyl (C=O) groups excluding carboxylic acids is 4. The first-order valence-corrected chi connectivity index (χ1v) is 11.5. The number of carbonyl (C=O) groups is 4. The Hall–Kier alpha value is -5.52. The molecule has 4 rings (SSSR count). The average molecular weight is 530 g/mol. The molecule has 3 aromatic carbocycles. The van der Waals surface area contributed by atoms with Gasteiger partial charge in [-0.3, -0.25) is 29.8 Å². The zero-order chi connectivity index (χ0) is 28.1. The number of hydrogen-bond acceptors (Lipinski definition) is 8. The second-order valence-corrected chi connectivity index (χ2v) is 8.35. The summed E-state index contributed by atoms with van der Waals surface area (Å²) in [5.74, 6) is -1.81. The van der Waals surface area contributed by atoms with E-state index in [1.54, 1.807) is 6.07 Å². The van der Waals surface area contributed by atoms with E-state index >= 15 is 0 Å². The second-order valence-electron chi connectivity index (χ2n) is 8.35. The number of urea groups is 1. The van der Waals surface area contributed by atoms with E-state index < -0.39 is 22.8 Å². The van der Waals surface area contributed by atoms with Crippen molar-refractivity contribution in [2.45, 2.75) is 6.92 Å². The van der Waals surface area contributed by atoms with Crippen molar-refractivity contribution in [3.05, 3.63) is 93.5 Å². The zero-order valence-electron chi connectivity index (χ0n) is 20.8. The first kappa shape index (κ1) is 26.5. The van der Waals surface area contributed by atoms with Crippen LogP contribution in [0.2, 0.25) is 0 Å². The number of imide groups is 2. The normalized spacial score (nSPS) is 14.2. The van der Waals surface area contributed by atoms with Crippen molar-refractivity contribution in [1.29, 1.82) is 0 Å². The molecule has 1 saturated heterocycles. The summed E-state index contributed by atoms with van der Waals surface area (Å²) in [5, 5.41) is 15.9. The van der Waals surface area contributed by atoms with Gasteiger partial charge < -0.3 is 14.8 Å². The highest BCUT2D eigenvalue weighted by molar-refractivity contribution is 6.39. The summed E-state index contributed by atoms with van der Waals surface area (Å²) in [4.78, 5) is 61.4. The summed E-state index contributed by atoms with van der Waals surface area (Å²) in [6.45, 7) is 1.60. The molecule has 1 aliphatic heterocycles. The van der Waals surface area contributed by atoms with E-state index in [4.69, 9.17) is 9.47 Å². The number of barbiturate groups is 1. The third-order valence-corrected chi connectivity index (χ3v) is 5.56. The molecule has 12 heteroatoms. The molecular formula is C27H22N4O8. The fourth-order valence-corrected chi connectivity index (χ4v) is 3.76. The third kappa shape index (κ3) is 6.07. The maximum atomic E-state index is 13.1. The van der Waals surface area contributed by atoms with Crippen LogP contribution in [0.4, 0.5) is 21.9 Å². The number of non-ortho nitro benzene ring substituents is 1. The molecule has 0 atom stereocenters. The molecule has 0 saturated carbocycles. The quantitative estimate of drug-likeness (QED) is 0.194. The van der Waals surface area contributed by atoms with Crippen LogP contribution >= 0.6 is 0 Å². The molecular weight excluding hydrogens is 508 g/mol. The molecule has 0 radical (unpaired) electrons. The van der Waals surface area contributed by atoms with E-state index in [2.05, 4.69) is 10.6 Å². The van der Waals surface area contributed by atoms with Crippen LogP contribution in [0.25, 0.3) is 6.08 Å². The number of benzene rings is 3. The van der Waals surface area contributed by atoms with Gasteiger partial charge in [0, 0.05) is 17.8 Å². The van der Waals surface area contributed by atoms with Gasteiger partial charge in [-0.2, -0.15) is 0 Å². The Morgan fingerprint density at radius 1 is 1.05 bits per heavy atom. The van der Waals surface area contributed by atoms with Crippen LogP contribution < -0.4 is 25.0 Å². The van der Waals surface area contributed by atoms with E-state index in [-0.39, 0.29) is 41.0 Å². The summed E-state index contributed by atoms with van der Waals surface area (Å²) in [7, 11) is 1.38. The molecule has 0 spiro atoms. The zero-order valence-corrected chi connectivity index (χ0v) is 20.8. The van der Waals surface area contributed by atoms with Crippen molar-refractivity contribution in [1.82, 2.24) is 5.32 Å². The van der Waals surface area contributed by atoms with Crippen LogP contribution in [-0.2, 0) is 14.4 Å². The molecule has 12 nitrogen and oxygen atoms in total. The summed E-state index contributed by atoms with van der Waals surface area (Å²) < 4.78 is 10.9. The van der Waals surface area contributed by atoms with Gasteiger partial charge >= 0.3 is 6.03 Å². The molecule has 198 valence electrons. The van der Waals surface area contributed by atoms with Gasteiger partial charge in [-0.1, -0.05) is 24.3 Å². The van der Waals surface area contributed by atoms with Crippen LogP contribution in [0.5, 0.6) is 11.5 Å². The molecule has 0 bridgehead atoms. The van der Waals surface area contributed by atoms with Crippen LogP contribution in [0, 0.1) is 17.0 Å². The molecule has 0 aromatic heterocycles. The summed E-state index contributed by atoms with van der Waals surface area (Å²) in [5.41, 5.74) is 1.19. The Morgan fingerprint density at radius 2 is 1.82 bits per heavy atom. The van der Waals surface area contributed by atoms with Gasteiger partial charge in [0.15, 0.2) is 18.1 Å². The summed E-state index contributed by atoms with van der Waals surface area (Å²) in [6.07, 6.45) is 1.24. The van der Waals surface area contributed by atoms with Gasteiger partial charge in [0.1, 0.15) is 5.57 Å². The molecule has 2 N–H and O–H groups in total. The lowest BCUT2D eigenvalue weighted by molar-refractivity contribution is -0.384. The van der Waals surface area contributed by atoms with E-state index in [9.17, 15) is 29.3 Å². The summed E-state index contributed by atoms with van der Waals surface area (Å²) >= 11 is 0. The first-order chi connectivity index (χ1) is 18.7. The lowest BCUT2D eigenvalue weighted by Gasteiger charge is -2.26. The van der Waals surface area contributed by atoms with Crippen LogP contribution in [0.3, 0.4) is 0 Å². The van der Waals surface area contributed by atoms with E-state index in [0.29, 0.717) is 16.2 Å². The molecule has 1 fully saturated rings. The van der Waals surface area contributed by atoms with E-state index in [1.165, 1.54) is 49.6 Å². The molecule has 3 aromatic rings. The topological polar surface area (TPSA) is 157 Å². The Balaban J connectivity index is 1.53. The van der Waals surface area contributed by atoms with Gasteiger partial charge in [-0.25, -0.2) is 9.69 Å². The van der Waals surface area contributed by atoms with Crippen molar-refractivity contribution in [3.8, 4) is 11.5 Å². The maximum Gasteiger partial charge on any atom is 0.335 e. The number of aryl methyl sites for hydroxylation is 1. The predicted octanol–water partition coefficient (Wildman–Crippen LogP) is 3.60. The Kier molecular flexibility index (Phi) is 7.66. The average Bonchev–Trinajstić information content (AvgIpc) is 2.90. The molecule has 5 amide bonds. The van der Waals surface area contributed by atoms with Crippen molar-refractivity contribution >= 4 is 46.9 Å². The molecule has 1 aliphatic rings. The standard InChI is InChI=1S/C27H22N4O8/c1-16-5-3-6-18(11-16)28-24(32)15-39-22-10-9-17(13-23(22)38-2)12-21-25(33)29-27(35)30(26(21)34)19-7-4-8-20(14-19)31(36)37/h3-14H,15H2,1-2H3,(H,28,32)(H,29,33,35)/b21-12-. The number of ether oxygens (including phenoxy) is 2. The van der Waals surface area contributed by atoms with Crippen molar-refractivity contribution < 1.29 is 33.6 Å². The number of rotatable bonds is 8. The largest absolute Gasteiger partial charge is 0.493 e.